The van der Waals surface area contributed by atoms with Gasteiger partial charge in [0.05, 0.1) is 6.26 Å². The van der Waals surface area contributed by atoms with Crippen LogP contribution in [0.25, 0.3) is 0 Å². The minimum atomic E-state index is -0.151. The van der Waals surface area contributed by atoms with E-state index in [0.717, 1.165) is 31.1 Å². The summed E-state index contributed by atoms with van der Waals surface area (Å²) in [6.45, 7) is 1.81. The average molecular weight is 266 g/mol. The van der Waals surface area contributed by atoms with Crippen LogP contribution in [-0.2, 0) is 9.53 Å². The van der Waals surface area contributed by atoms with E-state index < -0.39 is 0 Å². The summed E-state index contributed by atoms with van der Waals surface area (Å²) in [4.78, 5) is 11.2. The predicted octanol–water partition coefficient (Wildman–Crippen LogP) is 4.44. The Balaban J connectivity index is 1.85. The molecule has 1 aliphatic rings. The van der Waals surface area contributed by atoms with Crippen LogP contribution in [0.1, 0.15) is 64.7 Å². The van der Waals surface area contributed by atoms with E-state index in [-0.39, 0.29) is 12.1 Å². The van der Waals surface area contributed by atoms with Gasteiger partial charge in [-0.25, -0.2) is 4.79 Å². The van der Waals surface area contributed by atoms with Gasteiger partial charge >= 0.3 is 5.97 Å². The lowest BCUT2D eigenvalue weighted by Gasteiger charge is -2.07. The minimum absolute atomic E-state index is 0.0257. The molecule has 0 bridgehead atoms. The number of unbranched alkanes of at least 4 members (excludes halogenated alkanes) is 7. The van der Waals surface area contributed by atoms with Crippen LogP contribution in [0.4, 0.5) is 0 Å². The van der Waals surface area contributed by atoms with Gasteiger partial charge in [0, 0.05) is 5.57 Å². The molecule has 0 saturated heterocycles. The third-order valence-corrected chi connectivity index (χ3v) is 3.48. The molecule has 0 aromatic carbocycles. The lowest BCUT2D eigenvalue weighted by molar-refractivity contribution is -0.139. The molecule has 1 rings (SSSR count). The maximum absolute atomic E-state index is 11.2. The molecule has 0 amide bonds. The summed E-state index contributed by atoms with van der Waals surface area (Å²) < 4.78 is 5.20. The second kappa shape index (κ2) is 9.65. The highest BCUT2D eigenvalue weighted by Gasteiger charge is 2.21. The van der Waals surface area contributed by atoms with E-state index in [0.29, 0.717) is 0 Å². The van der Waals surface area contributed by atoms with Gasteiger partial charge in [-0.15, -0.1) is 0 Å². The largest absolute Gasteiger partial charge is 0.516 e. The molecule has 3 nitrogen and oxygen atoms in total. The Kier molecular flexibility index (Phi) is 8.03. The molecule has 0 aromatic heterocycles. The van der Waals surface area contributed by atoms with Crippen molar-refractivity contribution < 1.29 is 14.6 Å². The molecule has 0 radical (unpaired) electrons. The summed E-state index contributed by atoms with van der Waals surface area (Å²) >= 11 is 0. The van der Waals surface area contributed by atoms with Crippen molar-refractivity contribution in [1.29, 1.82) is 0 Å². The molecule has 1 heterocycles. The first-order valence-electron chi connectivity index (χ1n) is 7.42. The zero-order chi connectivity index (χ0) is 13.9. The fraction of sp³-hybridized carbons (Fsp3) is 0.688. The Labute approximate surface area is 116 Å². The third-order valence-electron chi connectivity index (χ3n) is 3.48. The number of aliphatic hydroxyl groups is 1. The number of ether oxygens (including phenoxy) is 1. The Morgan fingerprint density at radius 2 is 1.79 bits per heavy atom. The molecule has 1 N–H and O–H groups in total. The van der Waals surface area contributed by atoms with Crippen LogP contribution >= 0.6 is 0 Å². The highest BCUT2D eigenvalue weighted by atomic mass is 16.5. The zero-order valence-electron chi connectivity index (χ0n) is 11.9. The number of aliphatic hydroxyl groups excluding tert-OH is 1. The van der Waals surface area contributed by atoms with Gasteiger partial charge in [0.2, 0.25) is 0 Å². The third kappa shape index (κ3) is 7.04. The molecule has 0 spiro atoms. The Bertz CT molecular complexity index is 318. The Morgan fingerprint density at radius 3 is 2.37 bits per heavy atom. The van der Waals surface area contributed by atoms with Gasteiger partial charge in [-0.1, -0.05) is 38.2 Å². The SMILES string of the molecule is CC1=CC(CCCCCCCCC/C=C/O)OC1=O. The molecular formula is C16H26O3. The molecule has 19 heavy (non-hydrogen) atoms. The maximum atomic E-state index is 11.2. The van der Waals surface area contributed by atoms with E-state index in [9.17, 15) is 4.79 Å². The number of esters is 1. The van der Waals surface area contributed by atoms with Crippen LogP contribution in [0, 0.1) is 0 Å². The van der Waals surface area contributed by atoms with Crippen molar-refractivity contribution in [3.63, 3.8) is 0 Å². The molecule has 1 aliphatic heterocycles. The van der Waals surface area contributed by atoms with Gasteiger partial charge < -0.3 is 9.84 Å². The van der Waals surface area contributed by atoms with Gasteiger partial charge in [0.1, 0.15) is 6.10 Å². The number of cyclic esters (lactones) is 1. The van der Waals surface area contributed by atoms with Crippen LogP contribution in [0.15, 0.2) is 24.0 Å². The second-order valence-electron chi connectivity index (χ2n) is 5.23. The first kappa shape index (κ1) is 15.8. The number of allylic oxidation sites excluding steroid dienone is 1. The molecule has 1 unspecified atom stereocenters. The van der Waals surface area contributed by atoms with Gasteiger partial charge in [-0.3, -0.25) is 0 Å². The fourth-order valence-electron chi connectivity index (χ4n) is 2.32. The van der Waals surface area contributed by atoms with E-state index in [1.165, 1.54) is 38.5 Å². The molecule has 1 atom stereocenters. The molecule has 0 saturated carbocycles. The number of carbonyl (C=O) groups excluding carboxylic acids is 1. The molecule has 108 valence electrons. The quantitative estimate of drug-likeness (QED) is 0.361. The van der Waals surface area contributed by atoms with E-state index in [2.05, 4.69) is 0 Å². The van der Waals surface area contributed by atoms with Gasteiger partial charge in [0.15, 0.2) is 0 Å². The molecule has 3 heteroatoms. The summed E-state index contributed by atoms with van der Waals surface area (Å²) in [5.41, 5.74) is 0.752. The van der Waals surface area contributed by atoms with Gasteiger partial charge in [-0.05, 0) is 38.7 Å². The maximum Gasteiger partial charge on any atom is 0.334 e. The van der Waals surface area contributed by atoms with E-state index in [4.69, 9.17) is 9.84 Å². The normalized spacial score (nSPS) is 18.9. The number of hydrogen-bond donors (Lipinski definition) is 1. The van der Waals surface area contributed by atoms with E-state index in [1.807, 2.05) is 13.0 Å². The smallest absolute Gasteiger partial charge is 0.334 e. The van der Waals surface area contributed by atoms with Crippen LogP contribution in [-0.4, -0.2) is 17.2 Å². The summed E-state index contributed by atoms with van der Waals surface area (Å²) in [7, 11) is 0. The Morgan fingerprint density at radius 1 is 1.16 bits per heavy atom. The van der Waals surface area contributed by atoms with E-state index >= 15 is 0 Å². The molecule has 0 aliphatic carbocycles. The van der Waals surface area contributed by atoms with Crippen LogP contribution < -0.4 is 0 Å². The van der Waals surface area contributed by atoms with Crippen LogP contribution in [0.5, 0.6) is 0 Å². The van der Waals surface area contributed by atoms with Crippen molar-refractivity contribution in [2.45, 2.75) is 70.8 Å². The zero-order valence-corrected chi connectivity index (χ0v) is 11.9. The minimum Gasteiger partial charge on any atom is -0.516 e. The van der Waals surface area contributed by atoms with Crippen molar-refractivity contribution in [3.8, 4) is 0 Å². The standard InChI is InChI=1S/C16H26O3/c1-14-13-15(19-16(14)18)11-9-7-5-3-2-4-6-8-10-12-17/h10,12-13,15,17H,2-9,11H2,1H3/b12-10+. The molecular weight excluding hydrogens is 240 g/mol. The average Bonchev–Trinajstić information content (AvgIpc) is 2.71. The summed E-state index contributed by atoms with van der Waals surface area (Å²) in [6, 6.07) is 0. The van der Waals surface area contributed by atoms with Gasteiger partial charge in [0.25, 0.3) is 0 Å². The topological polar surface area (TPSA) is 46.5 Å². The summed E-state index contributed by atoms with van der Waals surface area (Å²) in [5, 5.41) is 8.47. The summed E-state index contributed by atoms with van der Waals surface area (Å²) in [5.74, 6) is -0.151. The Hall–Kier alpha value is -1.25. The van der Waals surface area contributed by atoms with E-state index in [1.54, 1.807) is 6.08 Å². The first-order valence-corrected chi connectivity index (χ1v) is 7.42. The number of rotatable bonds is 10. The van der Waals surface area contributed by atoms with Gasteiger partial charge in [-0.2, -0.15) is 0 Å². The fourth-order valence-corrected chi connectivity index (χ4v) is 2.32. The van der Waals surface area contributed by atoms with Crippen molar-refractivity contribution in [1.82, 2.24) is 0 Å². The lowest BCUT2D eigenvalue weighted by atomic mass is 10.1. The number of carbonyl (C=O) groups is 1. The second-order valence-corrected chi connectivity index (χ2v) is 5.23. The van der Waals surface area contributed by atoms with Crippen molar-refractivity contribution >= 4 is 5.97 Å². The van der Waals surface area contributed by atoms with Crippen molar-refractivity contribution in [2.24, 2.45) is 0 Å². The van der Waals surface area contributed by atoms with Crippen molar-refractivity contribution in [3.05, 3.63) is 24.0 Å². The first-order chi connectivity index (χ1) is 9.24. The summed E-state index contributed by atoms with van der Waals surface area (Å²) in [6.07, 6.45) is 15.4. The molecule has 0 aromatic rings. The lowest BCUT2D eigenvalue weighted by Crippen LogP contribution is -2.07. The predicted molar refractivity (Wildman–Crippen MR) is 77.0 cm³/mol. The monoisotopic (exact) mass is 266 g/mol. The van der Waals surface area contributed by atoms with Crippen molar-refractivity contribution in [2.75, 3.05) is 0 Å². The highest BCUT2D eigenvalue weighted by Crippen LogP contribution is 2.19. The highest BCUT2D eigenvalue weighted by molar-refractivity contribution is 5.90. The number of hydrogen-bond acceptors (Lipinski definition) is 3. The van der Waals surface area contributed by atoms with Crippen LogP contribution in [0.3, 0.4) is 0 Å². The van der Waals surface area contributed by atoms with Crippen LogP contribution in [0.2, 0.25) is 0 Å². The molecule has 0 fully saturated rings.